The molecular weight excluding hydrogens is 326 g/mol. The number of nitrogens with zero attached hydrogens (tertiary/aromatic N) is 2. The van der Waals surface area contributed by atoms with Gasteiger partial charge in [-0.1, -0.05) is 29.8 Å². The Balaban J connectivity index is 2.17. The molecule has 1 aromatic rings. The van der Waals surface area contributed by atoms with Crippen molar-refractivity contribution < 1.29 is 0 Å². The predicted molar refractivity (Wildman–Crippen MR) is 95.0 cm³/mol. The van der Waals surface area contributed by atoms with Gasteiger partial charge in [-0.2, -0.15) is 0 Å². The standard InChI is InChI=1S/C17H28BrN3/c1-13(2)19-11-14-10-15(18)7-8-17(14)21-9-5-6-16(12-21)20(3)4/h7-8,10,13,16,19H,5-6,9,11-12H2,1-4H3. The predicted octanol–water partition coefficient (Wildman–Crippen LogP) is 3.48. The van der Waals surface area contributed by atoms with Gasteiger partial charge < -0.3 is 15.1 Å². The second-order valence-corrected chi connectivity index (χ2v) is 7.43. The maximum atomic E-state index is 3.61. The van der Waals surface area contributed by atoms with Crippen molar-refractivity contribution in [2.24, 2.45) is 0 Å². The SMILES string of the molecule is CC(C)NCc1cc(Br)ccc1N1CCCC(N(C)C)C1. The van der Waals surface area contributed by atoms with Gasteiger partial charge in [0.15, 0.2) is 0 Å². The molecule has 1 aliphatic heterocycles. The Bertz CT molecular complexity index is 459. The zero-order valence-electron chi connectivity index (χ0n) is 13.7. The highest BCUT2D eigenvalue weighted by Gasteiger charge is 2.23. The second-order valence-electron chi connectivity index (χ2n) is 6.51. The van der Waals surface area contributed by atoms with Gasteiger partial charge in [0.1, 0.15) is 0 Å². The van der Waals surface area contributed by atoms with Crippen molar-refractivity contribution in [2.45, 2.75) is 45.3 Å². The molecule has 1 saturated heterocycles. The summed E-state index contributed by atoms with van der Waals surface area (Å²) in [6, 6.07) is 7.85. The lowest BCUT2D eigenvalue weighted by molar-refractivity contribution is 0.258. The number of piperidine rings is 1. The van der Waals surface area contributed by atoms with Gasteiger partial charge in [-0.3, -0.25) is 0 Å². The van der Waals surface area contributed by atoms with Gasteiger partial charge in [-0.25, -0.2) is 0 Å². The second kappa shape index (κ2) is 7.61. The fourth-order valence-electron chi connectivity index (χ4n) is 2.91. The maximum Gasteiger partial charge on any atom is 0.0413 e. The normalized spacial score (nSPS) is 19.6. The first kappa shape index (κ1) is 16.8. The van der Waals surface area contributed by atoms with E-state index in [1.54, 1.807) is 0 Å². The third-order valence-corrected chi connectivity index (χ3v) is 4.70. The number of benzene rings is 1. The molecular formula is C17H28BrN3. The van der Waals surface area contributed by atoms with Crippen LogP contribution in [0.2, 0.25) is 0 Å². The van der Waals surface area contributed by atoms with Crippen molar-refractivity contribution in [2.75, 3.05) is 32.1 Å². The van der Waals surface area contributed by atoms with Gasteiger partial charge >= 0.3 is 0 Å². The minimum Gasteiger partial charge on any atom is -0.370 e. The molecule has 0 spiro atoms. The minimum absolute atomic E-state index is 0.507. The average molecular weight is 354 g/mol. The Kier molecular flexibility index (Phi) is 6.08. The van der Waals surface area contributed by atoms with Gasteiger partial charge in [0, 0.05) is 41.9 Å². The molecule has 0 bridgehead atoms. The molecule has 4 heteroatoms. The Labute approximate surface area is 137 Å². The number of hydrogen-bond donors (Lipinski definition) is 1. The molecule has 0 saturated carbocycles. The van der Waals surface area contributed by atoms with Crippen LogP contribution in [0.4, 0.5) is 5.69 Å². The highest BCUT2D eigenvalue weighted by atomic mass is 79.9. The lowest BCUT2D eigenvalue weighted by Crippen LogP contribution is -2.45. The summed E-state index contributed by atoms with van der Waals surface area (Å²) in [6.07, 6.45) is 2.58. The zero-order chi connectivity index (χ0) is 15.4. The molecule has 21 heavy (non-hydrogen) atoms. The van der Waals surface area contributed by atoms with Crippen molar-refractivity contribution in [3.8, 4) is 0 Å². The van der Waals surface area contributed by atoms with Crippen molar-refractivity contribution in [3.05, 3.63) is 28.2 Å². The van der Waals surface area contributed by atoms with Crippen LogP contribution in [0.25, 0.3) is 0 Å². The van der Waals surface area contributed by atoms with E-state index in [0.717, 1.165) is 17.6 Å². The molecule has 0 radical (unpaired) electrons. The van der Waals surface area contributed by atoms with Crippen LogP contribution in [-0.2, 0) is 6.54 Å². The van der Waals surface area contributed by atoms with Crippen LogP contribution < -0.4 is 10.2 Å². The van der Waals surface area contributed by atoms with E-state index in [2.05, 4.69) is 77.2 Å². The number of rotatable bonds is 5. The lowest BCUT2D eigenvalue weighted by Gasteiger charge is -2.38. The Morgan fingerprint density at radius 2 is 2.14 bits per heavy atom. The molecule has 118 valence electrons. The minimum atomic E-state index is 0.507. The van der Waals surface area contributed by atoms with Crippen molar-refractivity contribution >= 4 is 21.6 Å². The van der Waals surface area contributed by atoms with E-state index in [1.807, 2.05) is 0 Å². The van der Waals surface area contributed by atoms with Gasteiger partial charge in [-0.15, -0.1) is 0 Å². The molecule has 1 atom stereocenters. The summed E-state index contributed by atoms with van der Waals surface area (Å²) in [4.78, 5) is 4.91. The van der Waals surface area contributed by atoms with Crippen LogP contribution in [-0.4, -0.2) is 44.2 Å². The van der Waals surface area contributed by atoms with E-state index >= 15 is 0 Å². The molecule has 0 aliphatic carbocycles. The van der Waals surface area contributed by atoms with Crippen LogP contribution in [0, 0.1) is 0 Å². The smallest absolute Gasteiger partial charge is 0.0413 e. The first-order valence-corrected chi connectivity index (χ1v) is 8.70. The topological polar surface area (TPSA) is 18.5 Å². The third kappa shape index (κ3) is 4.70. The summed E-state index contributed by atoms with van der Waals surface area (Å²) in [6.45, 7) is 7.61. The summed E-state index contributed by atoms with van der Waals surface area (Å²) >= 11 is 3.61. The van der Waals surface area contributed by atoms with Crippen molar-refractivity contribution in [3.63, 3.8) is 0 Å². The van der Waals surface area contributed by atoms with Crippen molar-refractivity contribution in [1.29, 1.82) is 0 Å². The number of nitrogens with one attached hydrogen (secondary N) is 1. The van der Waals surface area contributed by atoms with E-state index in [1.165, 1.54) is 30.6 Å². The van der Waals surface area contributed by atoms with Crippen LogP contribution in [0.5, 0.6) is 0 Å². The summed E-state index contributed by atoms with van der Waals surface area (Å²) in [5.41, 5.74) is 2.77. The van der Waals surface area contributed by atoms with E-state index in [9.17, 15) is 0 Å². The summed E-state index contributed by atoms with van der Waals surface area (Å²) < 4.78 is 1.16. The van der Waals surface area contributed by atoms with E-state index < -0.39 is 0 Å². The monoisotopic (exact) mass is 353 g/mol. The first-order chi connectivity index (χ1) is 9.97. The molecule has 1 N–H and O–H groups in total. The van der Waals surface area contributed by atoms with E-state index in [0.29, 0.717) is 12.1 Å². The highest BCUT2D eigenvalue weighted by molar-refractivity contribution is 9.10. The molecule has 2 rings (SSSR count). The van der Waals surface area contributed by atoms with Gasteiger partial charge in [0.05, 0.1) is 0 Å². The van der Waals surface area contributed by atoms with Gasteiger partial charge in [0.2, 0.25) is 0 Å². The molecule has 1 fully saturated rings. The largest absolute Gasteiger partial charge is 0.370 e. The van der Waals surface area contributed by atoms with Crippen LogP contribution >= 0.6 is 15.9 Å². The van der Waals surface area contributed by atoms with Crippen molar-refractivity contribution in [1.82, 2.24) is 10.2 Å². The summed E-state index contributed by atoms with van der Waals surface area (Å²) in [5.74, 6) is 0. The fourth-order valence-corrected chi connectivity index (χ4v) is 3.32. The summed E-state index contributed by atoms with van der Waals surface area (Å²) in [7, 11) is 4.38. The number of likely N-dealkylation sites (N-methyl/N-ethyl adjacent to an activating group) is 1. The van der Waals surface area contributed by atoms with Crippen LogP contribution in [0.3, 0.4) is 0 Å². The first-order valence-electron chi connectivity index (χ1n) is 7.90. The highest BCUT2D eigenvalue weighted by Crippen LogP contribution is 2.28. The third-order valence-electron chi connectivity index (χ3n) is 4.21. The Hall–Kier alpha value is -0.580. The number of anilines is 1. The molecule has 1 heterocycles. The Morgan fingerprint density at radius 1 is 1.38 bits per heavy atom. The quantitative estimate of drug-likeness (QED) is 0.874. The van der Waals surface area contributed by atoms with E-state index in [-0.39, 0.29) is 0 Å². The molecule has 0 aromatic heterocycles. The fraction of sp³-hybridized carbons (Fsp3) is 0.647. The molecule has 3 nitrogen and oxygen atoms in total. The number of hydrogen-bond acceptors (Lipinski definition) is 3. The average Bonchev–Trinajstić information content (AvgIpc) is 2.45. The molecule has 1 unspecified atom stereocenters. The summed E-state index contributed by atoms with van der Waals surface area (Å²) in [5, 5.41) is 3.54. The Morgan fingerprint density at radius 3 is 2.81 bits per heavy atom. The zero-order valence-corrected chi connectivity index (χ0v) is 15.3. The van der Waals surface area contributed by atoms with Gasteiger partial charge in [-0.05, 0) is 50.7 Å². The lowest BCUT2D eigenvalue weighted by atomic mass is 10.0. The van der Waals surface area contributed by atoms with Gasteiger partial charge in [0.25, 0.3) is 0 Å². The van der Waals surface area contributed by atoms with E-state index in [4.69, 9.17) is 0 Å². The molecule has 1 aliphatic rings. The number of halogens is 1. The maximum absolute atomic E-state index is 3.61. The molecule has 1 aromatic carbocycles. The van der Waals surface area contributed by atoms with Crippen LogP contribution in [0.1, 0.15) is 32.3 Å². The van der Waals surface area contributed by atoms with Crippen LogP contribution in [0.15, 0.2) is 22.7 Å². The molecule has 0 amide bonds.